The number of hydrogen-bond acceptors (Lipinski definition) is 4. The van der Waals surface area contributed by atoms with Crippen molar-refractivity contribution in [2.45, 2.75) is 6.54 Å². The second-order valence-electron chi connectivity index (χ2n) is 3.20. The van der Waals surface area contributed by atoms with Crippen LogP contribution in [0.5, 0.6) is 0 Å². The zero-order valence-corrected chi connectivity index (χ0v) is 8.40. The zero-order valence-electron chi connectivity index (χ0n) is 8.40. The van der Waals surface area contributed by atoms with Gasteiger partial charge in [0, 0.05) is 0 Å². The SMILES string of the molecule is O=C(O)NCc1nc2ncc(F)cc2c(=O)[nH]1. The van der Waals surface area contributed by atoms with E-state index in [1.54, 1.807) is 0 Å². The lowest BCUT2D eigenvalue weighted by atomic mass is 10.3. The minimum atomic E-state index is -1.24. The van der Waals surface area contributed by atoms with Crippen LogP contribution in [-0.4, -0.2) is 26.2 Å². The number of carbonyl (C=O) groups is 1. The molecule has 0 unspecified atom stereocenters. The fourth-order valence-corrected chi connectivity index (χ4v) is 1.29. The second-order valence-corrected chi connectivity index (χ2v) is 3.20. The minimum absolute atomic E-state index is 0.0177. The summed E-state index contributed by atoms with van der Waals surface area (Å²) >= 11 is 0. The van der Waals surface area contributed by atoms with Crippen molar-refractivity contribution in [2.75, 3.05) is 0 Å². The van der Waals surface area contributed by atoms with Gasteiger partial charge >= 0.3 is 6.09 Å². The van der Waals surface area contributed by atoms with Crippen LogP contribution in [0.3, 0.4) is 0 Å². The molecule has 0 aliphatic rings. The molecule has 0 radical (unpaired) electrons. The number of aromatic nitrogens is 3. The summed E-state index contributed by atoms with van der Waals surface area (Å²) in [5.41, 5.74) is -0.499. The Morgan fingerprint density at radius 1 is 1.59 bits per heavy atom. The first kappa shape index (κ1) is 11.0. The zero-order chi connectivity index (χ0) is 12.4. The van der Waals surface area contributed by atoms with Crippen LogP contribution in [0.4, 0.5) is 9.18 Å². The van der Waals surface area contributed by atoms with Crippen LogP contribution in [0.25, 0.3) is 11.0 Å². The molecule has 1 amide bonds. The van der Waals surface area contributed by atoms with Gasteiger partial charge in [0.05, 0.1) is 18.1 Å². The first-order chi connectivity index (χ1) is 8.06. The summed E-state index contributed by atoms with van der Waals surface area (Å²) in [5.74, 6) is -0.523. The summed E-state index contributed by atoms with van der Waals surface area (Å²) in [5, 5.41) is 10.5. The van der Waals surface area contributed by atoms with Gasteiger partial charge in [0.2, 0.25) is 0 Å². The Labute approximate surface area is 93.3 Å². The third-order valence-corrected chi connectivity index (χ3v) is 1.98. The topological polar surface area (TPSA) is 108 Å². The fourth-order valence-electron chi connectivity index (χ4n) is 1.29. The van der Waals surface area contributed by atoms with Gasteiger partial charge in [-0.25, -0.2) is 19.2 Å². The third-order valence-electron chi connectivity index (χ3n) is 1.98. The van der Waals surface area contributed by atoms with Crippen LogP contribution >= 0.6 is 0 Å². The molecule has 2 aromatic heterocycles. The predicted molar refractivity (Wildman–Crippen MR) is 55.0 cm³/mol. The number of nitrogens with zero attached hydrogens (tertiary/aromatic N) is 2. The van der Waals surface area contributed by atoms with Crippen LogP contribution in [0, 0.1) is 5.82 Å². The normalized spacial score (nSPS) is 10.4. The maximum Gasteiger partial charge on any atom is 0.405 e. The molecule has 2 aromatic rings. The van der Waals surface area contributed by atoms with E-state index in [9.17, 15) is 14.0 Å². The first-order valence-corrected chi connectivity index (χ1v) is 4.57. The largest absolute Gasteiger partial charge is 0.465 e. The Bertz CT molecular complexity index is 640. The number of amides is 1. The number of fused-ring (bicyclic) bond motifs is 1. The molecule has 3 N–H and O–H groups in total. The highest BCUT2D eigenvalue weighted by Crippen LogP contribution is 2.05. The number of hydrogen-bond donors (Lipinski definition) is 3. The van der Waals surface area contributed by atoms with Crippen molar-refractivity contribution in [1.29, 1.82) is 0 Å². The molecule has 2 heterocycles. The first-order valence-electron chi connectivity index (χ1n) is 4.57. The summed E-state index contributed by atoms with van der Waals surface area (Å²) in [6.07, 6.45) is -0.303. The van der Waals surface area contributed by atoms with Crippen molar-refractivity contribution in [2.24, 2.45) is 0 Å². The van der Waals surface area contributed by atoms with E-state index < -0.39 is 17.5 Å². The number of nitrogens with one attached hydrogen (secondary N) is 2. The molecule has 0 saturated carbocycles. The highest BCUT2D eigenvalue weighted by atomic mass is 19.1. The molecule has 0 fully saturated rings. The van der Waals surface area contributed by atoms with Gasteiger partial charge in [0.25, 0.3) is 5.56 Å². The smallest absolute Gasteiger partial charge is 0.405 e. The highest BCUT2D eigenvalue weighted by Gasteiger charge is 2.06. The van der Waals surface area contributed by atoms with Gasteiger partial charge in [-0.2, -0.15) is 0 Å². The fraction of sp³-hybridized carbons (Fsp3) is 0.111. The number of rotatable bonds is 2. The molecule has 8 heteroatoms. The van der Waals surface area contributed by atoms with E-state index in [1.165, 1.54) is 0 Å². The summed E-state index contributed by atoms with van der Waals surface area (Å²) in [6.45, 7) is -0.153. The van der Waals surface area contributed by atoms with E-state index in [-0.39, 0.29) is 23.4 Å². The molecule has 0 spiro atoms. The van der Waals surface area contributed by atoms with Crippen molar-refractivity contribution < 1.29 is 14.3 Å². The minimum Gasteiger partial charge on any atom is -0.465 e. The van der Waals surface area contributed by atoms with Crippen molar-refractivity contribution in [1.82, 2.24) is 20.3 Å². The molecular weight excluding hydrogens is 231 g/mol. The van der Waals surface area contributed by atoms with Crippen molar-refractivity contribution in [3.05, 3.63) is 34.3 Å². The van der Waals surface area contributed by atoms with Crippen LogP contribution in [0.15, 0.2) is 17.1 Å². The monoisotopic (exact) mass is 238 g/mol. The standard InChI is InChI=1S/C9H7FN4O3/c10-4-1-5-7(11-2-4)13-6(14-8(5)15)3-12-9(16)17/h1-2,12H,3H2,(H,16,17)(H,11,13,14,15). The quantitative estimate of drug-likeness (QED) is 0.693. The maximum atomic E-state index is 12.8. The molecule has 0 aliphatic carbocycles. The Hall–Kier alpha value is -2.51. The Balaban J connectivity index is 2.45. The lowest BCUT2D eigenvalue weighted by molar-refractivity contribution is 0.193. The lowest BCUT2D eigenvalue weighted by Gasteiger charge is -2.02. The third kappa shape index (κ3) is 2.36. The highest BCUT2D eigenvalue weighted by molar-refractivity contribution is 5.73. The van der Waals surface area contributed by atoms with Crippen molar-refractivity contribution in [3.63, 3.8) is 0 Å². The molecule has 0 atom stereocenters. The van der Waals surface area contributed by atoms with E-state index in [0.29, 0.717) is 0 Å². The van der Waals surface area contributed by atoms with E-state index >= 15 is 0 Å². The molecule has 0 saturated heterocycles. The van der Waals surface area contributed by atoms with E-state index in [4.69, 9.17) is 5.11 Å². The second kappa shape index (κ2) is 4.16. The Kier molecular flexibility index (Phi) is 2.69. The average Bonchev–Trinajstić information content (AvgIpc) is 2.27. The van der Waals surface area contributed by atoms with Gasteiger partial charge in [-0.3, -0.25) is 4.79 Å². The molecular formula is C9H7FN4O3. The number of H-pyrrole nitrogens is 1. The molecule has 2 rings (SSSR count). The molecule has 7 nitrogen and oxygen atoms in total. The molecule has 0 aromatic carbocycles. The van der Waals surface area contributed by atoms with Gasteiger partial charge in [0.15, 0.2) is 5.65 Å². The van der Waals surface area contributed by atoms with Crippen LogP contribution < -0.4 is 10.9 Å². The molecule has 88 valence electrons. The van der Waals surface area contributed by atoms with Crippen LogP contribution in [0.1, 0.15) is 5.82 Å². The van der Waals surface area contributed by atoms with Gasteiger partial charge < -0.3 is 15.4 Å². The average molecular weight is 238 g/mol. The van der Waals surface area contributed by atoms with Gasteiger partial charge in [-0.05, 0) is 6.07 Å². The lowest BCUT2D eigenvalue weighted by Crippen LogP contribution is -2.24. The van der Waals surface area contributed by atoms with Crippen LogP contribution in [0.2, 0.25) is 0 Å². The number of carboxylic acid groups (broad SMARTS) is 1. The van der Waals surface area contributed by atoms with Crippen molar-refractivity contribution >= 4 is 17.1 Å². The molecule has 0 bridgehead atoms. The van der Waals surface area contributed by atoms with Gasteiger partial charge in [0.1, 0.15) is 11.6 Å². The maximum absolute atomic E-state index is 12.8. The van der Waals surface area contributed by atoms with E-state index in [1.807, 2.05) is 5.32 Å². The number of halogens is 1. The molecule has 0 aliphatic heterocycles. The van der Waals surface area contributed by atoms with Crippen LogP contribution in [-0.2, 0) is 6.54 Å². The van der Waals surface area contributed by atoms with Gasteiger partial charge in [-0.15, -0.1) is 0 Å². The Morgan fingerprint density at radius 2 is 2.35 bits per heavy atom. The van der Waals surface area contributed by atoms with Gasteiger partial charge in [-0.1, -0.05) is 0 Å². The number of pyridine rings is 1. The summed E-state index contributed by atoms with van der Waals surface area (Å²) < 4.78 is 12.8. The van der Waals surface area contributed by atoms with E-state index in [0.717, 1.165) is 12.3 Å². The predicted octanol–water partition coefficient (Wildman–Crippen LogP) is 0.225. The number of aromatic amines is 1. The molecule has 17 heavy (non-hydrogen) atoms. The summed E-state index contributed by atoms with van der Waals surface area (Å²) in [6, 6.07) is 1.02. The summed E-state index contributed by atoms with van der Waals surface area (Å²) in [7, 11) is 0. The van der Waals surface area contributed by atoms with E-state index in [2.05, 4.69) is 15.0 Å². The van der Waals surface area contributed by atoms with Crippen molar-refractivity contribution in [3.8, 4) is 0 Å². The Morgan fingerprint density at radius 3 is 3.06 bits per heavy atom. The summed E-state index contributed by atoms with van der Waals surface area (Å²) in [4.78, 5) is 31.7.